The molecule has 0 aliphatic rings. The third-order valence-corrected chi connectivity index (χ3v) is 3.92. The normalized spacial score (nSPS) is 10.5. The van der Waals surface area contributed by atoms with E-state index in [0.717, 1.165) is 4.88 Å². The molecule has 2 N–H and O–H groups in total. The van der Waals surface area contributed by atoms with Crippen LogP contribution in [0.15, 0.2) is 12.4 Å². The molecule has 6 nitrogen and oxygen atoms in total. The molecule has 0 radical (unpaired) electrons. The van der Waals surface area contributed by atoms with Crippen LogP contribution in [0.4, 0.5) is 5.00 Å². The Labute approximate surface area is 113 Å². The van der Waals surface area contributed by atoms with Gasteiger partial charge in [0.25, 0.3) is 5.91 Å². The predicted molar refractivity (Wildman–Crippen MR) is 71.9 cm³/mol. The molecular weight excluding hydrogens is 266 g/mol. The number of aryl methyl sites for hydroxylation is 2. The average molecular weight is 279 g/mol. The number of rotatable bonds is 3. The first-order valence-corrected chi connectivity index (χ1v) is 6.35. The third-order valence-electron chi connectivity index (χ3n) is 2.79. The Morgan fingerprint density at radius 1 is 1.42 bits per heavy atom. The topological polar surface area (TPSA) is 84.2 Å². The Balaban J connectivity index is 2.31. The minimum Gasteiger partial charge on any atom is -0.478 e. The Morgan fingerprint density at radius 2 is 2.11 bits per heavy atom. The van der Waals surface area contributed by atoms with Crippen molar-refractivity contribution in [1.82, 2.24) is 9.78 Å². The van der Waals surface area contributed by atoms with Crippen molar-refractivity contribution >= 4 is 28.2 Å². The zero-order valence-corrected chi connectivity index (χ0v) is 11.5. The number of hydrogen-bond donors (Lipinski definition) is 2. The largest absolute Gasteiger partial charge is 0.478 e. The van der Waals surface area contributed by atoms with Crippen molar-refractivity contribution in [1.29, 1.82) is 0 Å². The highest BCUT2D eigenvalue weighted by atomic mass is 32.1. The highest BCUT2D eigenvalue weighted by Gasteiger charge is 2.21. The van der Waals surface area contributed by atoms with Gasteiger partial charge in [-0.1, -0.05) is 0 Å². The zero-order valence-electron chi connectivity index (χ0n) is 10.7. The Kier molecular flexibility index (Phi) is 3.39. The minimum absolute atomic E-state index is 0.153. The summed E-state index contributed by atoms with van der Waals surface area (Å²) in [4.78, 5) is 24.1. The number of carbonyl (C=O) groups is 2. The molecule has 2 aromatic heterocycles. The van der Waals surface area contributed by atoms with Gasteiger partial charge in [-0.05, 0) is 19.4 Å². The summed E-state index contributed by atoms with van der Waals surface area (Å²) in [5, 5.41) is 16.1. The number of carboxylic acids is 1. The standard InChI is InChI=1S/C12H13N3O3S/c1-6-7(2)19-11(9(6)12(17)18)14-10(16)8-4-13-15(3)5-8/h4-5H,1-3H3,(H,14,16)(H,17,18). The van der Waals surface area contributed by atoms with Crippen LogP contribution in [0.5, 0.6) is 0 Å². The van der Waals surface area contributed by atoms with Gasteiger partial charge in [-0.2, -0.15) is 5.10 Å². The van der Waals surface area contributed by atoms with Crippen LogP contribution in [0.25, 0.3) is 0 Å². The number of aromatic nitrogens is 2. The number of carboxylic acid groups (broad SMARTS) is 1. The fourth-order valence-electron chi connectivity index (χ4n) is 1.69. The number of amides is 1. The van der Waals surface area contributed by atoms with Crippen molar-refractivity contribution < 1.29 is 14.7 Å². The Bertz CT molecular complexity index is 657. The second-order valence-corrected chi connectivity index (χ2v) is 5.37. The van der Waals surface area contributed by atoms with Crippen LogP contribution in [0.3, 0.4) is 0 Å². The molecule has 0 unspecified atom stereocenters. The van der Waals surface area contributed by atoms with Crippen LogP contribution in [0, 0.1) is 13.8 Å². The van der Waals surface area contributed by atoms with E-state index in [1.165, 1.54) is 22.2 Å². The van der Waals surface area contributed by atoms with Crippen molar-refractivity contribution in [2.45, 2.75) is 13.8 Å². The van der Waals surface area contributed by atoms with E-state index in [0.29, 0.717) is 16.1 Å². The lowest BCUT2D eigenvalue weighted by atomic mass is 10.1. The summed E-state index contributed by atoms with van der Waals surface area (Å²) < 4.78 is 1.51. The van der Waals surface area contributed by atoms with E-state index in [-0.39, 0.29) is 11.5 Å². The van der Waals surface area contributed by atoms with Gasteiger partial charge in [-0.3, -0.25) is 9.48 Å². The molecule has 0 spiro atoms. The first-order chi connectivity index (χ1) is 8.90. The lowest BCUT2D eigenvalue weighted by Crippen LogP contribution is -2.13. The van der Waals surface area contributed by atoms with Gasteiger partial charge in [-0.15, -0.1) is 11.3 Å². The molecule has 2 heterocycles. The summed E-state index contributed by atoms with van der Waals surface area (Å²) >= 11 is 1.26. The molecule has 0 fully saturated rings. The van der Waals surface area contributed by atoms with Gasteiger partial charge in [0.2, 0.25) is 0 Å². The van der Waals surface area contributed by atoms with E-state index >= 15 is 0 Å². The lowest BCUT2D eigenvalue weighted by molar-refractivity contribution is 0.0697. The molecule has 19 heavy (non-hydrogen) atoms. The first kappa shape index (κ1) is 13.3. The highest BCUT2D eigenvalue weighted by molar-refractivity contribution is 7.16. The SMILES string of the molecule is Cc1sc(NC(=O)c2cnn(C)c2)c(C(=O)O)c1C. The van der Waals surface area contributed by atoms with Gasteiger partial charge >= 0.3 is 5.97 Å². The van der Waals surface area contributed by atoms with E-state index in [1.54, 1.807) is 20.2 Å². The summed E-state index contributed by atoms with van der Waals surface area (Å²) in [5.41, 5.74) is 1.22. The molecule has 0 aliphatic heterocycles. The maximum atomic E-state index is 12.0. The van der Waals surface area contributed by atoms with Gasteiger partial charge in [0.15, 0.2) is 0 Å². The van der Waals surface area contributed by atoms with E-state index in [2.05, 4.69) is 10.4 Å². The van der Waals surface area contributed by atoms with Crippen LogP contribution in [-0.2, 0) is 7.05 Å². The number of thiophene rings is 1. The van der Waals surface area contributed by atoms with Crippen molar-refractivity contribution in [3.8, 4) is 0 Å². The van der Waals surface area contributed by atoms with Crippen LogP contribution >= 0.6 is 11.3 Å². The van der Waals surface area contributed by atoms with Gasteiger partial charge in [-0.25, -0.2) is 4.79 Å². The van der Waals surface area contributed by atoms with Crippen LogP contribution in [0.2, 0.25) is 0 Å². The smallest absolute Gasteiger partial charge is 0.338 e. The van der Waals surface area contributed by atoms with Crippen molar-refractivity contribution in [3.63, 3.8) is 0 Å². The van der Waals surface area contributed by atoms with Crippen LogP contribution in [0.1, 0.15) is 31.2 Å². The number of aromatic carboxylic acids is 1. The highest BCUT2D eigenvalue weighted by Crippen LogP contribution is 2.32. The summed E-state index contributed by atoms with van der Waals surface area (Å²) in [7, 11) is 1.71. The lowest BCUT2D eigenvalue weighted by Gasteiger charge is -2.02. The fourth-order valence-corrected chi connectivity index (χ4v) is 2.73. The number of anilines is 1. The second-order valence-electron chi connectivity index (χ2n) is 4.15. The van der Waals surface area contributed by atoms with Gasteiger partial charge in [0, 0.05) is 18.1 Å². The molecule has 0 aliphatic carbocycles. The van der Waals surface area contributed by atoms with E-state index < -0.39 is 5.97 Å². The van der Waals surface area contributed by atoms with E-state index in [1.807, 2.05) is 6.92 Å². The molecule has 1 amide bonds. The maximum Gasteiger partial charge on any atom is 0.338 e. The van der Waals surface area contributed by atoms with Gasteiger partial charge in [0.05, 0.1) is 17.3 Å². The summed E-state index contributed by atoms with van der Waals surface area (Å²) in [6.07, 6.45) is 3.01. The molecule has 0 bridgehead atoms. The van der Waals surface area contributed by atoms with Crippen molar-refractivity contribution in [2.75, 3.05) is 5.32 Å². The van der Waals surface area contributed by atoms with E-state index in [9.17, 15) is 14.7 Å². The molecule has 0 atom stereocenters. The minimum atomic E-state index is -1.04. The first-order valence-electron chi connectivity index (χ1n) is 5.53. The number of nitrogens with zero attached hydrogens (tertiary/aromatic N) is 2. The summed E-state index contributed by atoms with van der Waals surface area (Å²) in [6.45, 7) is 3.56. The molecule has 0 aromatic carbocycles. The average Bonchev–Trinajstić information content (AvgIpc) is 2.85. The van der Waals surface area contributed by atoms with Crippen molar-refractivity contribution in [3.05, 3.63) is 34.0 Å². The predicted octanol–water partition coefficient (Wildman–Crippen LogP) is 2.05. The zero-order chi connectivity index (χ0) is 14.2. The number of carbonyl (C=O) groups excluding carboxylic acids is 1. The molecule has 2 aromatic rings. The third kappa shape index (κ3) is 2.50. The monoisotopic (exact) mass is 279 g/mol. The summed E-state index contributed by atoms with van der Waals surface area (Å²) in [5.74, 6) is -1.40. The maximum absolute atomic E-state index is 12.0. The Hall–Kier alpha value is -2.15. The Morgan fingerprint density at radius 3 is 2.63 bits per heavy atom. The molecular formula is C12H13N3O3S. The molecule has 0 saturated carbocycles. The van der Waals surface area contributed by atoms with E-state index in [4.69, 9.17) is 0 Å². The molecule has 0 saturated heterocycles. The number of nitrogens with one attached hydrogen (secondary N) is 1. The molecule has 7 heteroatoms. The molecule has 100 valence electrons. The quantitative estimate of drug-likeness (QED) is 0.900. The van der Waals surface area contributed by atoms with Gasteiger partial charge in [0.1, 0.15) is 5.00 Å². The fraction of sp³-hybridized carbons (Fsp3) is 0.250. The van der Waals surface area contributed by atoms with Crippen LogP contribution in [-0.4, -0.2) is 26.8 Å². The summed E-state index contributed by atoms with van der Waals surface area (Å²) in [6, 6.07) is 0. The number of hydrogen-bond acceptors (Lipinski definition) is 4. The van der Waals surface area contributed by atoms with Crippen LogP contribution < -0.4 is 5.32 Å². The van der Waals surface area contributed by atoms with Gasteiger partial charge < -0.3 is 10.4 Å². The second kappa shape index (κ2) is 4.85. The molecule has 2 rings (SSSR count). The van der Waals surface area contributed by atoms with Crippen molar-refractivity contribution in [2.24, 2.45) is 7.05 Å².